The highest BCUT2D eigenvalue weighted by Crippen LogP contribution is 2.44. The van der Waals surface area contributed by atoms with Gasteiger partial charge in [0.05, 0.1) is 0 Å². The van der Waals surface area contributed by atoms with Crippen molar-refractivity contribution in [1.29, 1.82) is 0 Å². The first-order chi connectivity index (χ1) is 15.4. The van der Waals surface area contributed by atoms with Crippen molar-refractivity contribution in [3.8, 4) is 0 Å². The van der Waals surface area contributed by atoms with Gasteiger partial charge >= 0.3 is 0 Å². The zero-order valence-electron chi connectivity index (χ0n) is 21.3. The molecular weight excluding hydrogens is 384 g/mol. The van der Waals surface area contributed by atoms with Gasteiger partial charge in [0.1, 0.15) is 0 Å². The van der Waals surface area contributed by atoms with Crippen LogP contribution in [0.1, 0.15) is 120 Å². The highest BCUT2D eigenvalue weighted by atomic mass is 14.3. The van der Waals surface area contributed by atoms with Gasteiger partial charge in [-0.25, -0.2) is 0 Å². The molecule has 1 aromatic rings. The third kappa shape index (κ3) is 6.06. The van der Waals surface area contributed by atoms with E-state index in [1.807, 2.05) is 0 Å². The summed E-state index contributed by atoms with van der Waals surface area (Å²) in [6.45, 7) is 13.6. The molecule has 3 aliphatic carbocycles. The van der Waals surface area contributed by atoms with Gasteiger partial charge in [-0.15, -0.1) is 6.58 Å². The van der Waals surface area contributed by atoms with E-state index in [0.717, 1.165) is 36.5 Å². The van der Waals surface area contributed by atoms with Gasteiger partial charge in [0.15, 0.2) is 0 Å². The Kier molecular flexibility index (Phi) is 7.80. The fourth-order valence-corrected chi connectivity index (χ4v) is 6.41. The van der Waals surface area contributed by atoms with Gasteiger partial charge in [0.25, 0.3) is 0 Å². The first-order valence-corrected chi connectivity index (χ1v) is 13.6. The second-order valence-corrected chi connectivity index (χ2v) is 11.8. The van der Waals surface area contributed by atoms with E-state index in [9.17, 15) is 0 Å². The maximum absolute atomic E-state index is 4.18. The fraction of sp³-hybridized carbons (Fsp3) is 0.625. The van der Waals surface area contributed by atoms with Crippen molar-refractivity contribution in [3.63, 3.8) is 0 Å². The van der Waals surface area contributed by atoms with Gasteiger partial charge in [-0.2, -0.15) is 0 Å². The molecule has 1 unspecified atom stereocenters. The van der Waals surface area contributed by atoms with E-state index in [2.05, 4.69) is 64.6 Å². The SMILES string of the molecule is C=C(C)C[C@@H](C)c1ccc(C(CC(C)C)C2CCCCC2)c(CC2=CC=C(C3CC3)C2)c1. The number of rotatable bonds is 10. The lowest BCUT2D eigenvalue weighted by atomic mass is 9.71. The highest BCUT2D eigenvalue weighted by Gasteiger charge is 2.30. The second kappa shape index (κ2) is 10.6. The Bertz CT molecular complexity index is 854. The minimum Gasteiger partial charge on any atom is -0.100 e. The Morgan fingerprint density at radius 2 is 1.75 bits per heavy atom. The van der Waals surface area contributed by atoms with Crippen LogP contribution in [0.5, 0.6) is 0 Å². The summed E-state index contributed by atoms with van der Waals surface area (Å²) in [7, 11) is 0. The molecule has 0 nitrogen and oxygen atoms in total. The van der Waals surface area contributed by atoms with Crippen LogP contribution in [-0.4, -0.2) is 0 Å². The molecule has 3 aliphatic rings. The zero-order valence-corrected chi connectivity index (χ0v) is 21.3. The van der Waals surface area contributed by atoms with Crippen LogP contribution in [0.4, 0.5) is 0 Å². The van der Waals surface area contributed by atoms with E-state index >= 15 is 0 Å². The lowest BCUT2D eigenvalue weighted by Gasteiger charge is -2.34. The van der Waals surface area contributed by atoms with Crippen LogP contribution in [-0.2, 0) is 6.42 Å². The zero-order chi connectivity index (χ0) is 22.7. The summed E-state index contributed by atoms with van der Waals surface area (Å²) in [4.78, 5) is 0. The molecule has 0 bridgehead atoms. The lowest BCUT2D eigenvalue weighted by molar-refractivity contribution is 0.276. The molecule has 2 saturated carbocycles. The molecule has 0 spiro atoms. The lowest BCUT2D eigenvalue weighted by Crippen LogP contribution is -2.20. The van der Waals surface area contributed by atoms with Gasteiger partial charge in [-0.1, -0.05) is 87.1 Å². The van der Waals surface area contributed by atoms with Gasteiger partial charge in [0.2, 0.25) is 0 Å². The normalized spacial score (nSPS) is 21.4. The minimum atomic E-state index is 0.552. The molecule has 2 atom stereocenters. The summed E-state index contributed by atoms with van der Waals surface area (Å²) in [6, 6.07) is 7.60. The predicted molar refractivity (Wildman–Crippen MR) is 140 cm³/mol. The Morgan fingerprint density at radius 3 is 2.41 bits per heavy atom. The molecule has 2 fully saturated rings. The summed E-state index contributed by atoms with van der Waals surface area (Å²) in [5.74, 6) is 3.82. The Labute approximate surface area is 198 Å². The molecule has 0 aliphatic heterocycles. The van der Waals surface area contributed by atoms with Crippen LogP contribution < -0.4 is 0 Å². The van der Waals surface area contributed by atoms with Crippen molar-refractivity contribution in [3.05, 3.63) is 70.3 Å². The molecule has 4 rings (SSSR count). The third-order valence-electron chi connectivity index (χ3n) is 8.22. The van der Waals surface area contributed by atoms with Crippen LogP contribution in [0, 0.1) is 17.8 Å². The van der Waals surface area contributed by atoms with Crippen LogP contribution >= 0.6 is 0 Å². The van der Waals surface area contributed by atoms with E-state index in [1.165, 1.54) is 68.9 Å². The standard InChI is InChI=1S/C32H46/c1-22(2)17-24(5)28-15-16-31(32(18-23(3)4)27-9-7-6-8-10-27)30(21-28)20-25-11-12-29(19-25)26-13-14-26/h11-12,15-16,21,23-24,26-27,32H,1,6-10,13-14,17-20H2,2-5H3/t24-,32?/m1/s1. The number of hydrogen-bond acceptors (Lipinski definition) is 0. The van der Waals surface area contributed by atoms with E-state index in [-0.39, 0.29) is 0 Å². The highest BCUT2D eigenvalue weighted by molar-refractivity contribution is 5.43. The van der Waals surface area contributed by atoms with E-state index in [0.29, 0.717) is 5.92 Å². The van der Waals surface area contributed by atoms with Gasteiger partial charge in [0, 0.05) is 0 Å². The molecule has 0 heteroatoms. The molecule has 174 valence electrons. The molecule has 0 saturated heterocycles. The van der Waals surface area contributed by atoms with Gasteiger partial charge in [-0.3, -0.25) is 0 Å². The summed E-state index contributed by atoms with van der Waals surface area (Å²) < 4.78 is 0. The topological polar surface area (TPSA) is 0 Å². The van der Waals surface area contributed by atoms with Crippen molar-refractivity contribution >= 4 is 0 Å². The quantitative estimate of drug-likeness (QED) is 0.324. The second-order valence-electron chi connectivity index (χ2n) is 11.8. The number of hydrogen-bond donors (Lipinski definition) is 0. The minimum absolute atomic E-state index is 0.552. The van der Waals surface area contributed by atoms with Crippen LogP contribution in [0.2, 0.25) is 0 Å². The Balaban J connectivity index is 1.63. The maximum Gasteiger partial charge on any atom is -0.00578 e. The smallest absolute Gasteiger partial charge is 0.00578 e. The number of benzene rings is 1. The molecular formula is C32H46. The van der Waals surface area contributed by atoms with Gasteiger partial charge in [-0.05, 0) is 105 Å². The van der Waals surface area contributed by atoms with Crippen molar-refractivity contribution < 1.29 is 0 Å². The molecule has 0 heterocycles. The molecule has 0 radical (unpaired) electrons. The fourth-order valence-electron chi connectivity index (χ4n) is 6.41. The third-order valence-corrected chi connectivity index (χ3v) is 8.22. The maximum atomic E-state index is 4.18. The van der Waals surface area contributed by atoms with Crippen molar-refractivity contribution in [2.45, 2.75) is 110 Å². The summed E-state index contributed by atoms with van der Waals surface area (Å²) >= 11 is 0. The molecule has 0 amide bonds. The largest absolute Gasteiger partial charge is 0.100 e. The van der Waals surface area contributed by atoms with Crippen molar-refractivity contribution in [1.82, 2.24) is 0 Å². The Hall–Kier alpha value is -1.56. The summed E-state index contributed by atoms with van der Waals surface area (Å²) in [5.41, 5.74) is 9.46. The molecule has 0 N–H and O–H groups in total. The average molecular weight is 431 g/mol. The predicted octanol–water partition coefficient (Wildman–Crippen LogP) is 9.68. The van der Waals surface area contributed by atoms with Crippen LogP contribution in [0.15, 0.2) is 53.6 Å². The van der Waals surface area contributed by atoms with Gasteiger partial charge < -0.3 is 0 Å². The number of allylic oxidation sites excluding steroid dienone is 5. The molecule has 0 aromatic heterocycles. The molecule has 32 heavy (non-hydrogen) atoms. The van der Waals surface area contributed by atoms with Crippen molar-refractivity contribution in [2.75, 3.05) is 0 Å². The first kappa shape index (κ1) is 23.6. The Morgan fingerprint density at radius 1 is 1.00 bits per heavy atom. The van der Waals surface area contributed by atoms with E-state index in [1.54, 1.807) is 22.3 Å². The van der Waals surface area contributed by atoms with E-state index in [4.69, 9.17) is 0 Å². The van der Waals surface area contributed by atoms with E-state index < -0.39 is 0 Å². The first-order valence-electron chi connectivity index (χ1n) is 13.6. The summed E-state index contributed by atoms with van der Waals surface area (Å²) in [6.07, 6.45) is 19.7. The van der Waals surface area contributed by atoms with Crippen LogP contribution in [0.25, 0.3) is 0 Å². The van der Waals surface area contributed by atoms with Crippen LogP contribution in [0.3, 0.4) is 0 Å². The molecule has 1 aromatic carbocycles. The monoisotopic (exact) mass is 430 g/mol. The summed E-state index contributed by atoms with van der Waals surface area (Å²) in [5, 5.41) is 0. The average Bonchev–Trinajstić information content (AvgIpc) is 3.51. The van der Waals surface area contributed by atoms with Crippen molar-refractivity contribution in [2.24, 2.45) is 17.8 Å².